The van der Waals surface area contributed by atoms with Gasteiger partial charge in [-0.05, 0) is 17.7 Å². The molecule has 0 saturated carbocycles. The Kier molecular flexibility index (Phi) is 4.80. The van der Waals surface area contributed by atoms with Crippen LogP contribution in [-0.4, -0.2) is 22.2 Å². The zero-order valence-electron chi connectivity index (χ0n) is 11.5. The summed E-state index contributed by atoms with van der Waals surface area (Å²) in [6.07, 6.45) is 0.849. The highest BCUT2D eigenvalue weighted by molar-refractivity contribution is 8.14. The molecule has 104 valence electrons. The number of hydrogen-bond donors (Lipinski definition) is 0. The molecule has 0 saturated heterocycles. The van der Waals surface area contributed by atoms with Crippen molar-refractivity contribution < 1.29 is 9.63 Å². The molecule has 5 heteroatoms. The molecule has 1 aromatic rings. The van der Waals surface area contributed by atoms with Crippen LogP contribution in [0, 0.1) is 11.3 Å². The minimum absolute atomic E-state index is 0.140. The number of carbonyl (C=O) groups is 1. The number of benzene rings is 1. The van der Waals surface area contributed by atoms with Gasteiger partial charge in [0.25, 0.3) is 0 Å². The van der Waals surface area contributed by atoms with Crippen LogP contribution in [0.2, 0.25) is 0 Å². The molecule has 2 rings (SSSR count). The van der Waals surface area contributed by atoms with E-state index in [1.54, 1.807) is 12.1 Å². The van der Waals surface area contributed by atoms with E-state index >= 15 is 0 Å². The van der Waals surface area contributed by atoms with Gasteiger partial charge in [-0.2, -0.15) is 5.26 Å². The van der Waals surface area contributed by atoms with Gasteiger partial charge in [-0.1, -0.05) is 42.9 Å². The van der Waals surface area contributed by atoms with Gasteiger partial charge < -0.3 is 4.84 Å². The van der Waals surface area contributed by atoms with Crippen molar-refractivity contribution in [2.45, 2.75) is 38.0 Å². The second-order valence-corrected chi connectivity index (χ2v) is 6.54. The third-order valence-electron chi connectivity index (χ3n) is 2.84. The lowest BCUT2D eigenvalue weighted by molar-refractivity contribution is -0.113. The molecular weight excluding hydrogens is 272 g/mol. The van der Waals surface area contributed by atoms with Crippen LogP contribution >= 0.6 is 11.8 Å². The molecule has 4 nitrogen and oxygen atoms in total. The Morgan fingerprint density at radius 2 is 2.20 bits per heavy atom. The second kappa shape index (κ2) is 6.58. The lowest BCUT2D eigenvalue weighted by Crippen LogP contribution is -2.13. The third kappa shape index (κ3) is 3.84. The molecule has 20 heavy (non-hydrogen) atoms. The highest BCUT2D eigenvalue weighted by Crippen LogP contribution is 2.23. The summed E-state index contributed by atoms with van der Waals surface area (Å²) in [4.78, 5) is 17.0. The highest BCUT2D eigenvalue weighted by Gasteiger charge is 2.25. The summed E-state index contributed by atoms with van der Waals surface area (Å²) in [5.41, 5.74) is 2.39. The Morgan fingerprint density at radius 3 is 2.80 bits per heavy atom. The number of nitrogens with zero attached hydrogens (tertiary/aromatic N) is 2. The smallest absolute Gasteiger partial charge is 0.193 e. The molecule has 0 fully saturated rings. The van der Waals surface area contributed by atoms with E-state index in [0.717, 1.165) is 11.3 Å². The fourth-order valence-corrected chi connectivity index (χ4v) is 2.75. The Balaban J connectivity index is 1.91. The molecule has 0 N–H and O–H groups in total. The average Bonchev–Trinajstić information content (AvgIpc) is 2.86. The molecule has 1 aliphatic rings. The molecular formula is C15H16N2O2S. The van der Waals surface area contributed by atoms with Crippen LogP contribution < -0.4 is 0 Å². The van der Waals surface area contributed by atoms with Crippen LogP contribution in [0.5, 0.6) is 0 Å². The van der Waals surface area contributed by atoms with Crippen molar-refractivity contribution in [3.8, 4) is 6.07 Å². The van der Waals surface area contributed by atoms with Crippen molar-refractivity contribution in [2.24, 2.45) is 5.16 Å². The first kappa shape index (κ1) is 14.6. The van der Waals surface area contributed by atoms with Gasteiger partial charge in [-0.3, -0.25) is 4.79 Å². The van der Waals surface area contributed by atoms with Gasteiger partial charge in [0.1, 0.15) is 6.10 Å². The molecule has 0 unspecified atom stereocenters. The van der Waals surface area contributed by atoms with Crippen molar-refractivity contribution in [1.82, 2.24) is 0 Å². The highest BCUT2D eigenvalue weighted by atomic mass is 32.2. The molecule has 0 spiro atoms. The summed E-state index contributed by atoms with van der Waals surface area (Å²) in [7, 11) is 0. The van der Waals surface area contributed by atoms with Crippen molar-refractivity contribution in [1.29, 1.82) is 5.26 Å². The fraction of sp³-hybridized carbons (Fsp3) is 0.400. The molecule has 0 bridgehead atoms. The number of oxime groups is 1. The van der Waals surface area contributed by atoms with Crippen LogP contribution in [0.4, 0.5) is 0 Å². The largest absolute Gasteiger partial charge is 0.391 e. The van der Waals surface area contributed by atoms with E-state index in [1.807, 2.05) is 26.0 Å². The molecule has 1 heterocycles. The topological polar surface area (TPSA) is 62.5 Å². The summed E-state index contributed by atoms with van der Waals surface area (Å²) in [6.45, 7) is 3.99. The summed E-state index contributed by atoms with van der Waals surface area (Å²) in [5.74, 6) is 0. The first-order valence-corrected chi connectivity index (χ1v) is 7.39. The quantitative estimate of drug-likeness (QED) is 0.854. The minimum Gasteiger partial charge on any atom is -0.391 e. The van der Waals surface area contributed by atoms with Crippen molar-refractivity contribution in [3.63, 3.8) is 0 Å². The zero-order chi connectivity index (χ0) is 14.5. The molecule has 0 aromatic heterocycles. The number of rotatable bonds is 4. The van der Waals surface area contributed by atoms with E-state index in [-0.39, 0.29) is 11.2 Å². The Hall–Kier alpha value is -1.80. The Bertz CT molecular complexity index is 558. The monoisotopic (exact) mass is 288 g/mol. The van der Waals surface area contributed by atoms with Crippen LogP contribution in [0.15, 0.2) is 29.4 Å². The van der Waals surface area contributed by atoms with E-state index in [9.17, 15) is 4.79 Å². The van der Waals surface area contributed by atoms with Gasteiger partial charge in [0.15, 0.2) is 5.12 Å². The summed E-state index contributed by atoms with van der Waals surface area (Å²) < 4.78 is 0. The number of nitriles is 1. The van der Waals surface area contributed by atoms with Crippen molar-refractivity contribution in [2.75, 3.05) is 0 Å². The summed E-state index contributed by atoms with van der Waals surface area (Å²) in [6, 6.07) is 9.30. The molecule has 1 aromatic carbocycles. The van der Waals surface area contributed by atoms with E-state index in [1.165, 1.54) is 11.8 Å². The van der Waals surface area contributed by atoms with Gasteiger partial charge in [0.2, 0.25) is 0 Å². The predicted octanol–water partition coefficient (Wildman–Crippen LogP) is 3.11. The number of thioether (sulfide) groups is 1. The Labute approximate surface area is 122 Å². The fourth-order valence-electron chi connectivity index (χ4n) is 1.94. The maximum absolute atomic E-state index is 11.7. The van der Waals surface area contributed by atoms with Crippen LogP contribution in [-0.2, 0) is 9.63 Å². The molecule has 1 aliphatic heterocycles. The van der Waals surface area contributed by atoms with E-state index in [4.69, 9.17) is 10.1 Å². The standard InChI is InChI=1S/C15H16N2O2S/c1-10(2)20-15(18)8-13-7-14(17-19-13)12-5-3-11(9-16)4-6-12/h3-6,10,13H,7-8H2,1-2H3/t13-/m1/s1. The first-order chi connectivity index (χ1) is 9.58. The summed E-state index contributed by atoms with van der Waals surface area (Å²) >= 11 is 1.34. The van der Waals surface area contributed by atoms with Gasteiger partial charge in [-0.25, -0.2) is 0 Å². The van der Waals surface area contributed by atoms with E-state index < -0.39 is 0 Å². The maximum Gasteiger partial charge on any atom is 0.193 e. The van der Waals surface area contributed by atoms with Gasteiger partial charge >= 0.3 is 0 Å². The lowest BCUT2D eigenvalue weighted by Gasteiger charge is -2.08. The predicted molar refractivity (Wildman–Crippen MR) is 79.5 cm³/mol. The van der Waals surface area contributed by atoms with Gasteiger partial charge in [-0.15, -0.1) is 0 Å². The first-order valence-electron chi connectivity index (χ1n) is 6.51. The molecule has 0 radical (unpaired) electrons. The maximum atomic E-state index is 11.7. The lowest BCUT2D eigenvalue weighted by atomic mass is 10.0. The molecule has 0 amide bonds. The van der Waals surface area contributed by atoms with Crippen LogP contribution in [0.3, 0.4) is 0 Å². The van der Waals surface area contributed by atoms with Crippen LogP contribution in [0.1, 0.15) is 37.8 Å². The van der Waals surface area contributed by atoms with Gasteiger partial charge in [0, 0.05) is 11.7 Å². The molecule has 1 atom stereocenters. The third-order valence-corrected chi connectivity index (χ3v) is 3.74. The van der Waals surface area contributed by atoms with E-state index in [2.05, 4.69) is 11.2 Å². The average molecular weight is 288 g/mol. The van der Waals surface area contributed by atoms with Crippen molar-refractivity contribution in [3.05, 3.63) is 35.4 Å². The summed E-state index contributed by atoms with van der Waals surface area (Å²) in [5, 5.41) is 13.2. The minimum atomic E-state index is -0.167. The second-order valence-electron chi connectivity index (χ2n) is 4.90. The number of hydrogen-bond acceptors (Lipinski definition) is 5. The Morgan fingerprint density at radius 1 is 1.50 bits per heavy atom. The van der Waals surface area contributed by atoms with Crippen LogP contribution in [0.25, 0.3) is 0 Å². The van der Waals surface area contributed by atoms with Gasteiger partial charge in [0.05, 0.1) is 23.8 Å². The SMILES string of the molecule is CC(C)SC(=O)C[C@H]1CC(c2ccc(C#N)cc2)=NO1. The van der Waals surface area contributed by atoms with Crippen molar-refractivity contribution >= 4 is 22.6 Å². The zero-order valence-corrected chi connectivity index (χ0v) is 12.3. The number of carbonyl (C=O) groups excluding carboxylic acids is 1. The normalized spacial score (nSPS) is 17.5. The molecule has 0 aliphatic carbocycles. The van der Waals surface area contributed by atoms with E-state index in [0.29, 0.717) is 23.7 Å².